The highest BCUT2D eigenvalue weighted by Gasteiger charge is 2.07. The van der Waals surface area contributed by atoms with Crippen molar-refractivity contribution in [3.63, 3.8) is 0 Å². The Morgan fingerprint density at radius 2 is 0.595 bits per heavy atom. The van der Waals surface area contributed by atoms with Gasteiger partial charge in [0.1, 0.15) is 0 Å². The van der Waals surface area contributed by atoms with E-state index in [0.29, 0.717) is 0 Å². The molecule has 0 nitrogen and oxygen atoms in total. The van der Waals surface area contributed by atoms with E-state index in [1.165, 1.54) is 75.4 Å². The van der Waals surface area contributed by atoms with Crippen molar-refractivity contribution in [3.8, 4) is 0 Å². The summed E-state index contributed by atoms with van der Waals surface area (Å²) in [6, 6.07) is 45.2. The van der Waals surface area contributed by atoms with Gasteiger partial charge in [-0.3, -0.25) is 0 Å². The van der Waals surface area contributed by atoms with Gasteiger partial charge >= 0.3 is 0 Å². The third-order valence-corrected chi connectivity index (χ3v) is 7.43. The summed E-state index contributed by atoms with van der Waals surface area (Å²) in [5.41, 5.74) is 0. The van der Waals surface area contributed by atoms with Crippen LogP contribution in [-0.4, -0.2) is 0 Å². The summed E-state index contributed by atoms with van der Waals surface area (Å²) >= 11 is 0. The van der Waals surface area contributed by atoms with Gasteiger partial charge < -0.3 is 0 Å². The Morgan fingerprint density at radius 1 is 0.270 bits per heavy atom. The van der Waals surface area contributed by atoms with E-state index in [4.69, 9.17) is 0 Å². The van der Waals surface area contributed by atoms with Crippen molar-refractivity contribution in [2.45, 2.75) is 21.3 Å². The molecule has 0 atom stereocenters. The van der Waals surface area contributed by atoms with Crippen molar-refractivity contribution in [2.24, 2.45) is 0 Å². The van der Waals surface area contributed by atoms with Gasteiger partial charge in [-0.2, -0.15) is 0 Å². The van der Waals surface area contributed by atoms with Gasteiger partial charge in [-0.05, 0) is 136 Å². The zero-order chi connectivity index (χ0) is 24.2. The van der Waals surface area contributed by atoms with Crippen molar-refractivity contribution in [1.82, 2.24) is 0 Å². The van der Waals surface area contributed by atoms with Gasteiger partial charge in [0.15, 0.2) is 0 Å². The number of benzene rings is 8. The third kappa shape index (κ3) is 3.69. The molecule has 0 fully saturated rings. The van der Waals surface area contributed by atoms with E-state index in [-0.39, 0.29) is 7.43 Å². The molecule has 0 saturated heterocycles. The number of hydrogen-bond donors (Lipinski definition) is 0. The Hall–Kier alpha value is -4.42. The number of rotatable bonds is 0. The maximum Gasteiger partial charge on any atom is -0.00990 e. The molecule has 178 valence electrons. The first-order valence-corrected chi connectivity index (χ1v) is 12.8. The SMILES string of the molecule is C.CC.c1ccc2cc3cc4cc5cc6cc7c(ccc8ccccc87)cc6cc5cc4cc3cc2c1. The third-order valence-electron chi connectivity index (χ3n) is 7.43. The molecular weight excluding hydrogens is 444 g/mol. The minimum Gasteiger partial charge on any atom is -0.0776 e. The van der Waals surface area contributed by atoms with Crippen LogP contribution in [0.5, 0.6) is 0 Å². The molecule has 0 aliphatic carbocycles. The topological polar surface area (TPSA) is 0 Å². The van der Waals surface area contributed by atoms with E-state index in [1.54, 1.807) is 0 Å². The highest BCUT2D eigenvalue weighted by Crippen LogP contribution is 2.34. The quantitative estimate of drug-likeness (QED) is 0.151. The average Bonchev–Trinajstić information content (AvgIpc) is 2.93. The maximum atomic E-state index is 2.36. The molecule has 0 unspecified atom stereocenters. The van der Waals surface area contributed by atoms with Crippen molar-refractivity contribution in [3.05, 3.63) is 121 Å². The van der Waals surface area contributed by atoms with Gasteiger partial charge in [-0.1, -0.05) is 81.9 Å². The van der Waals surface area contributed by atoms with Crippen LogP contribution in [0, 0.1) is 0 Å². The highest BCUT2D eigenvalue weighted by atomic mass is 14.1. The Bertz CT molecular complexity index is 2080. The van der Waals surface area contributed by atoms with Crippen LogP contribution in [0.15, 0.2) is 121 Å². The van der Waals surface area contributed by atoms with E-state index in [1.807, 2.05) is 13.8 Å². The summed E-state index contributed by atoms with van der Waals surface area (Å²) in [6.07, 6.45) is 0. The maximum absolute atomic E-state index is 2.36. The van der Waals surface area contributed by atoms with Crippen LogP contribution in [0.4, 0.5) is 0 Å². The van der Waals surface area contributed by atoms with E-state index < -0.39 is 0 Å². The van der Waals surface area contributed by atoms with E-state index in [0.717, 1.165) is 0 Å². The van der Waals surface area contributed by atoms with Crippen LogP contribution in [0.3, 0.4) is 0 Å². The van der Waals surface area contributed by atoms with Gasteiger partial charge in [0.25, 0.3) is 0 Å². The van der Waals surface area contributed by atoms with Crippen LogP contribution >= 0.6 is 0 Å². The van der Waals surface area contributed by atoms with Crippen LogP contribution in [-0.2, 0) is 0 Å². The van der Waals surface area contributed by atoms with Crippen LogP contribution in [0.25, 0.3) is 75.4 Å². The molecule has 0 radical (unpaired) electrons. The molecule has 0 N–H and O–H groups in total. The molecule has 8 rings (SSSR count). The summed E-state index contributed by atoms with van der Waals surface area (Å²) < 4.78 is 0. The lowest BCUT2D eigenvalue weighted by Gasteiger charge is -2.10. The summed E-state index contributed by atoms with van der Waals surface area (Å²) in [4.78, 5) is 0. The lowest BCUT2D eigenvalue weighted by Crippen LogP contribution is -1.83. The number of hydrogen-bond acceptors (Lipinski definition) is 0. The summed E-state index contributed by atoms with van der Waals surface area (Å²) in [5, 5.41) is 18.2. The zero-order valence-electron chi connectivity index (χ0n) is 20.5. The molecule has 0 amide bonds. The Labute approximate surface area is 217 Å². The molecule has 8 aromatic carbocycles. The standard InChI is InChI=1S/C34H20.C2H6.CH4/c1-2-7-23-12-26-15-29-18-31-19-32-20-34-24(10-9-21-5-3-4-8-33(21)34)13-27(32)16-30(31)17-28(29)14-25(26)11-22(23)6-1;1-2;/h1-20H;1-2H3;1H4. The van der Waals surface area contributed by atoms with Crippen molar-refractivity contribution in [1.29, 1.82) is 0 Å². The largest absolute Gasteiger partial charge is 0.0776 e. The second kappa shape index (κ2) is 8.91. The molecule has 0 aliphatic rings. The fourth-order valence-electron chi connectivity index (χ4n) is 5.70. The Balaban J connectivity index is 0.000000822. The zero-order valence-corrected chi connectivity index (χ0v) is 20.5. The second-order valence-corrected chi connectivity index (χ2v) is 9.50. The van der Waals surface area contributed by atoms with Crippen molar-refractivity contribution >= 4 is 75.4 Å². The number of fused-ring (bicyclic) bond motifs is 8. The lowest BCUT2D eigenvalue weighted by molar-refractivity contribution is 1.50. The van der Waals surface area contributed by atoms with Gasteiger partial charge in [0.05, 0.1) is 0 Å². The summed E-state index contributed by atoms with van der Waals surface area (Å²) in [6.45, 7) is 4.00. The molecule has 0 heterocycles. The first kappa shape index (κ1) is 23.0. The molecular formula is C37H30. The lowest BCUT2D eigenvalue weighted by atomic mass is 9.94. The first-order valence-electron chi connectivity index (χ1n) is 12.8. The van der Waals surface area contributed by atoms with E-state index >= 15 is 0 Å². The van der Waals surface area contributed by atoms with Crippen LogP contribution < -0.4 is 0 Å². The van der Waals surface area contributed by atoms with Crippen LogP contribution in [0.2, 0.25) is 0 Å². The summed E-state index contributed by atoms with van der Waals surface area (Å²) in [5.74, 6) is 0. The minimum absolute atomic E-state index is 0. The molecule has 8 aromatic rings. The molecule has 0 saturated carbocycles. The second-order valence-electron chi connectivity index (χ2n) is 9.50. The molecule has 0 bridgehead atoms. The first-order chi connectivity index (χ1) is 17.8. The van der Waals surface area contributed by atoms with Crippen molar-refractivity contribution in [2.75, 3.05) is 0 Å². The molecule has 0 aromatic heterocycles. The molecule has 0 aliphatic heterocycles. The molecule has 0 heteroatoms. The smallest absolute Gasteiger partial charge is 0.00990 e. The van der Waals surface area contributed by atoms with Crippen molar-refractivity contribution < 1.29 is 0 Å². The fraction of sp³-hybridized carbons (Fsp3) is 0.0811. The van der Waals surface area contributed by atoms with E-state index in [9.17, 15) is 0 Å². The predicted molar refractivity (Wildman–Crippen MR) is 167 cm³/mol. The van der Waals surface area contributed by atoms with Crippen LogP contribution in [0.1, 0.15) is 21.3 Å². The fourth-order valence-corrected chi connectivity index (χ4v) is 5.70. The molecule has 37 heavy (non-hydrogen) atoms. The Morgan fingerprint density at radius 3 is 1.08 bits per heavy atom. The van der Waals surface area contributed by atoms with Gasteiger partial charge in [0.2, 0.25) is 0 Å². The normalized spacial score (nSPS) is 11.3. The monoisotopic (exact) mass is 474 g/mol. The average molecular weight is 475 g/mol. The van der Waals surface area contributed by atoms with Gasteiger partial charge in [-0.25, -0.2) is 0 Å². The molecule has 0 spiro atoms. The predicted octanol–water partition coefficient (Wildman–Crippen LogP) is 11.4. The van der Waals surface area contributed by atoms with Gasteiger partial charge in [-0.15, -0.1) is 0 Å². The van der Waals surface area contributed by atoms with Gasteiger partial charge in [0, 0.05) is 0 Å². The van der Waals surface area contributed by atoms with E-state index in [2.05, 4.69) is 121 Å². The Kier molecular flexibility index (Phi) is 5.54. The summed E-state index contributed by atoms with van der Waals surface area (Å²) in [7, 11) is 0. The minimum atomic E-state index is 0. The highest BCUT2D eigenvalue weighted by molar-refractivity contribution is 6.15.